The van der Waals surface area contributed by atoms with Gasteiger partial charge in [0.25, 0.3) is 5.91 Å². The van der Waals surface area contributed by atoms with E-state index in [4.69, 9.17) is 4.52 Å². The summed E-state index contributed by atoms with van der Waals surface area (Å²) in [5, 5.41) is 3.54. The molecule has 4 heterocycles. The van der Waals surface area contributed by atoms with E-state index >= 15 is 0 Å². The van der Waals surface area contributed by atoms with Gasteiger partial charge in [-0.25, -0.2) is 4.98 Å². The molecule has 0 bridgehead atoms. The summed E-state index contributed by atoms with van der Waals surface area (Å²) in [7, 11) is 0. The molecule has 2 aliphatic heterocycles. The van der Waals surface area contributed by atoms with Crippen LogP contribution in [0, 0.1) is 11.8 Å². The van der Waals surface area contributed by atoms with Gasteiger partial charge in [0, 0.05) is 50.3 Å². The number of nitrogens with zero attached hydrogens (tertiary/aromatic N) is 4. The SMILES string of the molecule is O=C(c1ccno1)N1CC2CN(c3ccc(C(F)(F)F)cn3)CC2C1. The number of alkyl halides is 3. The average Bonchev–Trinajstić information content (AvgIpc) is 3.29. The van der Waals surface area contributed by atoms with Crippen LogP contribution in [-0.4, -0.2) is 47.1 Å². The summed E-state index contributed by atoms with van der Waals surface area (Å²) < 4.78 is 42.8. The van der Waals surface area contributed by atoms with Crippen molar-refractivity contribution >= 4 is 11.7 Å². The summed E-state index contributed by atoms with van der Waals surface area (Å²) >= 11 is 0. The zero-order valence-corrected chi connectivity index (χ0v) is 13.1. The van der Waals surface area contributed by atoms with E-state index in [0.29, 0.717) is 32.0 Å². The molecule has 2 aromatic heterocycles. The first-order valence-electron chi connectivity index (χ1n) is 7.90. The van der Waals surface area contributed by atoms with E-state index in [0.717, 1.165) is 12.3 Å². The Labute approximate surface area is 141 Å². The largest absolute Gasteiger partial charge is 0.417 e. The number of hydrogen-bond donors (Lipinski definition) is 0. The van der Waals surface area contributed by atoms with Gasteiger partial charge in [-0.2, -0.15) is 13.2 Å². The number of carbonyl (C=O) groups is 1. The molecule has 9 heteroatoms. The molecular formula is C16H15F3N4O2. The van der Waals surface area contributed by atoms with Crippen molar-refractivity contribution in [2.24, 2.45) is 11.8 Å². The maximum atomic E-state index is 12.6. The molecule has 0 aliphatic carbocycles. The van der Waals surface area contributed by atoms with Crippen molar-refractivity contribution in [1.82, 2.24) is 15.0 Å². The smallest absolute Gasteiger partial charge is 0.356 e. The Bertz CT molecular complexity index is 747. The lowest BCUT2D eigenvalue weighted by Gasteiger charge is -2.22. The monoisotopic (exact) mass is 352 g/mol. The zero-order chi connectivity index (χ0) is 17.6. The second kappa shape index (κ2) is 5.75. The second-order valence-electron chi connectivity index (χ2n) is 6.41. The van der Waals surface area contributed by atoms with Crippen LogP contribution in [0.3, 0.4) is 0 Å². The fraction of sp³-hybridized carbons (Fsp3) is 0.438. The van der Waals surface area contributed by atoms with Crippen LogP contribution < -0.4 is 4.90 Å². The number of halogens is 3. The van der Waals surface area contributed by atoms with Crippen molar-refractivity contribution < 1.29 is 22.5 Å². The van der Waals surface area contributed by atoms with Gasteiger partial charge in [0.1, 0.15) is 5.82 Å². The van der Waals surface area contributed by atoms with E-state index in [1.54, 1.807) is 4.90 Å². The molecule has 0 saturated carbocycles. The van der Waals surface area contributed by atoms with Gasteiger partial charge in [-0.3, -0.25) is 4.79 Å². The highest BCUT2D eigenvalue weighted by atomic mass is 19.4. The van der Waals surface area contributed by atoms with Crippen LogP contribution >= 0.6 is 0 Å². The number of rotatable bonds is 2. The van der Waals surface area contributed by atoms with Gasteiger partial charge >= 0.3 is 6.18 Å². The Kier molecular flexibility index (Phi) is 3.66. The van der Waals surface area contributed by atoms with Crippen molar-refractivity contribution in [3.8, 4) is 0 Å². The summed E-state index contributed by atoms with van der Waals surface area (Å²) in [5.74, 6) is 1.13. The third kappa shape index (κ3) is 2.94. The highest BCUT2D eigenvalue weighted by molar-refractivity contribution is 5.91. The van der Waals surface area contributed by atoms with E-state index in [9.17, 15) is 18.0 Å². The Hall–Kier alpha value is -2.58. The molecule has 6 nitrogen and oxygen atoms in total. The first-order chi connectivity index (χ1) is 11.9. The van der Waals surface area contributed by atoms with Gasteiger partial charge < -0.3 is 14.3 Å². The summed E-state index contributed by atoms with van der Waals surface area (Å²) in [5.41, 5.74) is -0.750. The predicted octanol–water partition coefficient (Wildman–Crippen LogP) is 2.30. The molecule has 0 radical (unpaired) electrons. The second-order valence-corrected chi connectivity index (χ2v) is 6.41. The molecular weight excluding hydrogens is 337 g/mol. The molecule has 4 rings (SSSR count). The van der Waals surface area contributed by atoms with Crippen LogP contribution in [0.5, 0.6) is 0 Å². The highest BCUT2D eigenvalue weighted by Gasteiger charge is 2.42. The zero-order valence-electron chi connectivity index (χ0n) is 13.1. The lowest BCUT2D eigenvalue weighted by atomic mass is 10.0. The summed E-state index contributed by atoms with van der Waals surface area (Å²) in [6.07, 6.45) is -2.08. The standard InChI is InChI=1S/C16H15F3N4O2/c17-16(18,19)12-1-2-14(20-5-12)22-6-10-8-23(9-11(10)7-22)15(24)13-3-4-21-25-13/h1-5,10-11H,6-9H2. The normalized spacial score (nSPS) is 23.2. The summed E-state index contributed by atoms with van der Waals surface area (Å²) in [6.45, 7) is 2.54. The van der Waals surface area contributed by atoms with E-state index < -0.39 is 11.7 Å². The molecule has 0 spiro atoms. The number of hydrogen-bond acceptors (Lipinski definition) is 5. The van der Waals surface area contributed by atoms with Crippen molar-refractivity contribution in [3.05, 3.63) is 41.9 Å². The van der Waals surface area contributed by atoms with Gasteiger partial charge in [-0.1, -0.05) is 5.16 Å². The van der Waals surface area contributed by atoms with Gasteiger partial charge in [0.15, 0.2) is 0 Å². The highest BCUT2D eigenvalue weighted by Crippen LogP contribution is 2.35. The van der Waals surface area contributed by atoms with E-state index in [1.807, 2.05) is 4.90 Å². The van der Waals surface area contributed by atoms with Crippen molar-refractivity contribution in [2.75, 3.05) is 31.1 Å². The first-order valence-corrected chi connectivity index (χ1v) is 7.90. The van der Waals surface area contributed by atoms with Crippen LogP contribution in [0.25, 0.3) is 0 Å². The minimum absolute atomic E-state index is 0.175. The number of fused-ring (bicyclic) bond motifs is 1. The average molecular weight is 352 g/mol. The molecule has 132 valence electrons. The number of anilines is 1. The molecule has 2 aliphatic rings. The molecule has 0 aromatic carbocycles. The van der Waals surface area contributed by atoms with Crippen LogP contribution in [0.4, 0.5) is 19.0 Å². The maximum absolute atomic E-state index is 12.6. The summed E-state index contributed by atoms with van der Waals surface area (Å²) in [4.78, 5) is 20.0. The van der Waals surface area contributed by atoms with Gasteiger partial charge in [-0.15, -0.1) is 0 Å². The molecule has 2 unspecified atom stereocenters. The van der Waals surface area contributed by atoms with Crippen molar-refractivity contribution in [2.45, 2.75) is 6.18 Å². The first kappa shape index (κ1) is 15.9. The quantitative estimate of drug-likeness (QED) is 0.830. The van der Waals surface area contributed by atoms with Gasteiger partial charge in [0.05, 0.1) is 11.8 Å². The number of likely N-dealkylation sites (tertiary alicyclic amines) is 1. The van der Waals surface area contributed by atoms with Crippen LogP contribution in [0.2, 0.25) is 0 Å². The Morgan fingerprint density at radius 2 is 1.84 bits per heavy atom. The molecule has 2 atom stereocenters. The predicted molar refractivity (Wildman–Crippen MR) is 80.8 cm³/mol. The molecule has 2 aromatic rings. The topological polar surface area (TPSA) is 62.5 Å². The van der Waals surface area contributed by atoms with Gasteiger partial charge in [-0.05, 0) is 12.1 Å². The number of carbonyl (C=O) groups excluding carboxylic acids is 1. The third-order valence-corrected chi connectivity index (χ3v) is 4.82. The summed E-state index contributed by atoms with van der Waals surface area (Å²) in [6, 6.07) is 3.99. The minimum atomic E-state index is -4.38. The number of pyridine rings is 1. The molecule has 1 amide bonds. The fourth-order valence-electron chi connectivity index (χ4n) is 3.57. The Morgan fingerprint density at radius 3 is 2.36 bits per heavy atom. The lowest BCUT2D eigenvalue weighted by molar-refractivity contribution is -0.137. The maximum Gasteiger partial charge on any atom is 0.417 e. The molecule has 25 heavy (non-hydrogen) atoms. The third-order valence-electron chi connectivity index (χ3n) is 4.82. The van der Waals surface area contributed by atoms with E-state index in [2.05, 4.69) is 10.1 Å². The Morgan fingerprint density at radius 1 is 1.12 bits per heavy atom. The van der Waals surface area contributed by atoms with Gasteiger partial charge in [0.2, 0.25) is 5.76 Å². The molecule has 2 saturated heterocycles. The minimum Gasteiger partial charge on any atom is -0.356 e. The fourth-order valence-corrected chi connectivity index (χ4v) is 3.57. The van der Waals surface area contributed by atoms with Crippen LogP contribution in [0.15, 0.2) is 35.1 Å². The number of aromatic nitrogens is 2. The van der Waals surface area contributed by atoms with Crippen molar-refractivity contribution in [1.29, 1.82) is 0 Å². The van der Waals surface area contributed by atoms with Crippen LogP contribution in [0.1, 0.15) is 16.1 Å². The molecule has 2 fully saturated rings. The van der Waals surface area contributed by atoms with Crippen molar-refractivity contribution in [3.63, 3.8) is 0 Å². The molecule has 0 N–H and O–H groups in total. The van der Waals surface area contributed by atoms with Crippen LogP contribution in [-0.2, 0) is 6.18 Å². The lowest BCUT2D eigenvalue weighted by Crippen LogP contribution is -2.33. The number of amides is 1. The van der Waals surface area contributed by atoms with E-state index in [-0.39, 0.29) is 23.5 Å². The van der Waals surface area contributed by atoms with E-state index in [1.165, 1.54) is 18.3 Å². The Balaban J connectivity index is 1.40.